The molecule has 34 heavy (non-hydrogen) atoms. The van der Waals surface area contributed by atoms with Gasteiger partial charge in [-0.05, 0) is 52.7 Å². The van der Waals surface area contributed by atoms with Gasteiger partial charge in [-0.1, -0.05) is 26.8 Å². The normalized spacial score (nSPS) is 19.8. The lowest BCUT2D eigenvalue weighted by atomic mass is 9.69. The highest BCUT2D eigenvalue weighted by molar-refractivity contribution is 9.10. The molecule has 0 bridgehead atoms. The molecule has 0 spiro atoms. The Hall–Kier alpha value is -2.96. The highest BCUT2D eigenvalue weighted by Crippen LogP contribution is 2.52. The number of nitriles is 1. The van der Waals surface area contributed by atoms with Crippen molar-refractivity contribution in [1.29, 1.82) is 5.26 Å². The zero-order valence-electron chi connectivity index (χ0n) is 19.4. The van der Waals surface area contributed by atoms with Gasteiger partial charge in [0.15, 0.2) is 5.78 Å². The summed E-state index contributed by atoms with van der Waals surface area (Å²) in [6, 6.07) is 8.81. The van der Waals surface area contributed by atoms with Crippen LogP contribution in [-0.2, 0) is 11.2 Å². The van der Waals surface area contributed by atoms with Crippen molar-refractivity contribution in [3.8, 4) is 6.07 Å². The van der Waals surface area contributed by atoms with E-state index < -0.39 is 10.8 Å². The molecule has 1 aromatic carbocycles. The number of allylic oxidation sites excluding steroid dienone is 3. The Labute approximate surface area is 210 Å². The monoisotopic (exact) mass is 540 g/mol. The van der Waals surface area contributed by atoms with E-state index in [-0.39, 0.29) is 28.3 Å². The van der Waals surface area contributed by atoms with Crippen molar-refractivity contribution in [2.45, 2.75) is 52.9 Å². The molecule has 0 saturated heterocycles. The largest absolute Gasteiger partial charge is 0.384 e. The Kier molecular flexibility index (Phi) is 6.17. The maximum atomic E-state index is 13.6. The maximum Gasteiger partial charge on any atom is 0.271 e. The summed E-state index contributed by atoms with van der Waals surface area (Å²) in [6.07, 6.45) is 1.74. The molecule has 0 saturated carbocycles. The first-order valence-corrected chi connectivity index (χ1v) is 12.6. The van der Waals surface area contributed by atoms with E-state index in [1.54, 1.807) is 22.3 Å². The van der Waals surface area contributed by atoms with E-state index in [1.165, 1.54) is 12.1 Å². The number of aryl methyl sites for hydroxylation is 2. The Bertz CT molecular complexity index is 1330. The summed E-state index contributed by atoms with van der Waals surface area (Å²) in [7, 11) is 0. The summed E-state index contributed by atoms with van der Waals surface area (Å²) < 4.78 is 0.952. The van der Waals surface area contributed by atoms with Crippen LogP contribution in [0.4, 0.5) is 11.4 Å². The van der Waals surface area contributed by atoms with Crippen molar-refractivity contribution in [2.24, 2.45) is 11.1 Å². The Morgan fingerprint density at radius 3 is 2.65 bits per heavy atom. The number of non-ortho nitro benzene ring substituents is 1. The summed E-state index contributed by atoms with van der Waals surface area (Å²) in [4.78, 5) is 28.4. The molecular weight excluding hydrogens is 516 g/mol. The molecule has 0 amide bonds. The third kappa shape index (κ3) is 3.95. The third-order valence-corrected chi connectivity index (χ3v) is 8.72. The third-order valence-electron chi connectivity index (χ3n) is 6.41. The van der Waals surface area contributed by atoms with E-state index in [0.29, 0.717) is 29.8 Å². The molecule has 1 aliphatic heterocycles. The molecule has 2 aliphatic rings. The average Bonchev–Trinajstić information content (AvgIpc) is 3.13. The van der Waals surface area contributed by atoms with Crippen LogP contribution in [0, 0.1) is 33.8 Å². The first-order valence-electron chi connectivity index (χ1n) is 11.0. The second kappa shape index (κ2) is 8.67. The van der Waals surface area contributed by atoms with Crippen LogP contribution >= 0.6 is 27.3 Å². The second-order valence-electron chi connectivity index (χ2n) is 9.48. The van der Waals surface area contributed by atoms with E-state index in [9.17, 15) is 20.2 Å². The lowest BCUT2D eigenvalue weighted by Gasteiger charge is -2.43. The number of benzene rings is 1. The molecule has 2 N–H and O–H groups in total. The fourth-order valence-electron chi connectivity index (χ4n) is 4.83. The van der Waals surface area contributed by atoms with E-state index >= 15 is 0 Å². The topological polar surface area (TPSA) is 113 Å². The van der Waals surface area contributed by atoms with Gasteiger partial charge in [-0.25, -0.2) is 0 Å². The quantitative estimate of drug-likeness (QED) is 0.363. The second-order valence-corrected chi connectivity index (χ2v) is 11.5. The molecule has 1 aromatic heterocycles. The fourth-order valence-corrected chi connectivity index (χ4v) is 6.87. The predicted molar refractivity (Wildman–Crippen MR) is 136 cm³/mol. The smallest absolute Gasteiger partial charge is 0.271 e. The van der Waals surface area contributed by atoms with Gasteiger partial charge in [-0.15, -0.1) is 11.3 Å². The van der Waals surface area contributed by atoms with E-state index in [0.717, 1.165) is 26.2 Å². The van der Waals surface area contributed by atoms with Crippen molar-refractivity contribution in [3.05, 3.63) is 76.8 Å². The SMILES string of the molecule is CCc1sc(C2C(C#N)=C(N)N(c3cc([N+](=O)[O-])ccc3C)C3=C2C(=O)CC(C)(C)C3)cc1Br. The lowest BCUT2D eigenvalue weighted by Crippen LogP contribution is -2.42. The maximum absolute atomic E-state index is 13.6. The number of anilines is 1. The van der Waals surface area contributed by atoms with Crippen LogP contribution in [0.3, 0.4) is 0 Å². The van der Waals surface area contributed by atoms with Crippen LogP contribution in [0.25, 0.3) is 0 Å². The molecule has 2 heterocycles. The Morgan fingerprint density at radius 2 is 2.06 bits per heavy atom. The minimum atomic E-state index is -0.555. The summed E-state index contributed by atoms with van der Waals surface area (Å²) in [6.45, 7) is 7.95. The standard InChI is InChI=1S/C25H25BrN4O3S/c1-5-20-16(26)9-21(34-20)22-15(12-27)24(28)29(17-8-14(30(32)33)7-6-13(17)2)18-10-25(3,4)11-19(31)23(18)22/h6-9,22H,5,10-11,28H2,1-4H3. The van der Waals surface area contributed by atoms with Crippen LogP contribution in [0.2, 0.25) is 0 Å². The van der Waals surface area contributed by atoms with Gasteiger partial charge in [0.2, 0.25) is 0 Å². The van der Waals surface area contributed by atoms with E-state index in [2.05, 4.69) is 28.9 Å². The number of ketones is 1. The highest BCUT2D eigenvalue weighted by Gasteiger charge is 2.45. The summed E-state index contributed by atoms with van der Waals surface area (Å²) in [5, 5.41) is 21.7. The Balaban J connectivity index is 2.03. The zero-order chi connectivity index (χ0) is 24.9. The number of nitro groups is 1. The molecule has 0 fully saturated rings. The first kappa shape index (κ1) is 24.2. The van der Waals surface area contributed by atoms with Gasteiger partial charge in [0.05, 0.1) is 28.2 Å². The number of nitro benzene ring substituents is 1. The van der Waals surface area contributed by atoms with Crippen LogP contribution in [0.15, 0.2) is 51.4 Å². The van der Waals surface area contributed by atoms with Crippen LogP contribution < -0.4 is 10.6 Å². The number of rotatable bonds is 4. The minimum Gasteiger partial charge on any atom is -0.384 e. The van der Waals surface area contributed by atoms with Crippen molar-refractivity contribution < 1.29 is 9.72 Å². The number of halogens is 1. The fraction of sp³-hybridized carbons (Fsp3) is 0.360. The van der Waals surface area contributed by atoms with Gasteiger partial charge in [-0.2, -0.15) is 5.26 Å². The van der Waals surface area contributed by atoms with Gasteiger partial charge in [0, 0.05) is 44.1 Å². The first-order chi connectivity index (χ1) is 16.0. The number of thiophene rings is 1. The number of Topliss-reactive ketones (excluding diaryl/α,β-unsaturated/α-hetero) is 1. The number of carbonyl (C=O) groups is 1. The summed E-state index contributed by atoms with van der Waals surface area (Å²) >= 11 is 5.18. The molecule has 1 atom stereocenters. The molecule has 7 nitrogen and oxygen atoms in total. The predicted octanol–water partition coefficient (Wildman–Crippen LogP) is 6.23. The van der Waals surface area contributed by atoms with Gasteiger partial charge >= 0.3 is 0 Å². The van der Waals surface area contributed by atoms with Crippen molar-refractivity contribution in [2.75, 3.05) is 4.90 Å². The number of nitrogens with two attached hydrogens (primary N) is 1. The van der Waals surface area contributed by atoms with Crippen molar-refractivity contribution in [3.63, 3.8) is 0 Å². The van der Waals surface area contributed by atoms with Crippen LogP contribution in [-0.4, -0.2) is 10.7 Å². The number of nitrogens with zero attached hydrogens (tertiary/aromatic N) is 3. The van der Waals surface area contributed by atoms with Gasteiger partial charge in [-0.3, -0.25) is 19.8 Å². The summed E-state index contributed by atoms with van der Waals surface area (Å²) in [5.74, 6) is -0.365. The lowest BCUT2D eigenvalue weighted by molar-refractivity contribution is -0.384. The van der Waals surface area contributed by atoms with Crippen molar-refractivity contribution in [1.82, 2.24) is 0 Å². The van der Waals surface area contributed by atoms with Gasteiger partial charge < -0.3 is 5.73 Å². The van der Waals surface area contributed by atoms with Gasteiger partial charge in [0.25, 0.3) is 5.69 Å². The molecule has 2 aromatic rings. The van der Waals surface area contributed by atoms with Crippen LogP contribution in [0.5, 0.6) is 0 Å². The molecule has 1 unspecified atom stereocenters. The minimum absolute atomic E-state index is 0.0212. The van der Waals surface area contributed by atoms with Crippen molar-refractivity contribution >= 4 is 44.4 Å². The number of hydrogen-bond acceptors (Lipinski definition) is 7. The zero-order valence-corrected chi connectivity index (χ0v) is 21.8. The summed E-state index contributed by atoms with van der Waals surface area (Å²) in [5.41, 5.74) is 9.11. The van der Waals surface area contributed by atoms with E-state index in [1.807, 2.05) is 26.8 Å². The average molecular weight is 541 g/mol. The van der Waals surface area contributed by atoms with Crippen LogP contribution in [0.1, 0.15) is 54.8 Å². The molecule has 4 rings (SSSR count). The van der Waals surface area contributed by atoms with E-state index in [4.69, 9.17) is 5.73 Å². The molecule has 0 radical (unpaired) electrons. The molecule has 9 heteroatoms. The molecule has 1 aliphatic carbocycles. The molecular formula is C25H25BrN4O3S. The van der Waals surface area contributed by atoms with Gasteiger partial charge in [0.1, 0.15) is 5.82 Å². The number of carbonyl (C=O) groups excluding carboxylic acids is 1. The Morgan fingerprint density at radius 1 is 1.35 bits per heavy atom. The molecule has 176 valence electrons. The highest BCUT2D eigenvalue weighted by atomic mass is 79.9. The number of hydrogen-bond donors (Lipinski definition) is 1.